The van der Waals surface area contributed by atoms with Crippen LogP contribution >= 0.6 is 0 Å². The van der Waals surface area contributed by atoms with Crippen molar-refractivity contribution in [1.82, 2.24) is 20.2 Å². The Balaban J connectivity index is 1.87. The maximum Gasteiger partial charge on any atom is 0.365 e. The summed E-state index contributed by atoms with van der Waals surface area (Å²) in [6.07, 6.45) is 0. The van der Waals surface area contributed by atoms with Crippen molar-refractivity contribution < 1.29 is 9.84 Å². The lowest BCUT2D eigenvalue weighted by atomic mass is 10.2. The number of hydrogen-bond donors (Lipinski definition) is 2. The van der Waals surface area contributed by atoms with Crippen LogP contribution in [0.15, 0.2) is 47.3 Å². The number of H-pyrrole nitrogens is 1. The number of benzene rings is 2. The third kappa shape index (κ3) is 2.69. The Morgan fingerprint density at radius 2 is 2.09 bits per heavy atom. The molecule has 3 rings (SSSR count). The van der Waals surface area contributed by atoms with E-state index in [9.17, 15) is 9.90 Å². The molecule has 7 nitrogen and oxygen atoms in total. The normalized spacial score (nSPS) is 10.6. The van der Waals surface area contributed by atoms with Gasteiger partial charge in [-0.05, 0) is 47.2 Å². The number of nitrogens with zero attached hydrogens (tertiary/aromatic N) is 3. The zero-order chi connectivity index (χ0) is 15.5. The quantitative estimate of drug-likeness (QED) is 0.762. The largest absolute Gasteiger partial charge is 0.508 e. The molecule has 0 aliphatic rings. The Labute approximate surface area is 125 Å². The van der Waals surface area contributed by atoms with Crippen LogP contribution in [0, 0.1) is 6.92 Å². The summed E-state index contributed by atoms with van der Waals surface area (Å²) < 4.78 is 6.95. The molecule has 0 spiro atoms. The number of para-hydroxylation sites is 1. The standard InChI is InChI=1S/C15H14N4O3/c1-10-8-12(20)6-7-14(10)22-9-11-4-2-3-5-13(11)19-15(21)16-17-18-19/h2-8,20H,9H2,1H3,(H,16,18,21). The first-order valence-electron chi connectivity index (χ1n) is 6.66. The second kappa shape index (κ2) is 5.72. The minimum Gasteiger partial charge on any atom is -0.508 e. The highest BCUT2D eigenvalue weighted by Gasteiger charge is 2.09. The average molecular weight is 298 g/mol. The van der Waals surface area contributed by atoms with Gasteiger partial charge in [0.25, 0.3) is 0 Å². The minimum atomic E-state index is -0.409. The molecule has 112 valence electrons. The topological polar surface area (TPSA) is 93.0 Å². The number of rotatable bonds is 4. The van der Waals surface area contributed by atoms with Crippen molar-refractivity contribution in [2.45, 2.75) is 13.5 Å². The van der Waals surface area contributed by atoms with Crippen LogP contribution < -0.4 is 10.4 Å². The summed E-state index contributed by atoms with van der Waals surface area (Å²) in [7, 11) is 0. The predicted molar refractivity (Wildman–Crippen MR) is 79.2 cm³/mol. The fraction of sp³-hybridized carbons (Fsp3) is 0.133. The molecular formula is C15H14N4O3. The zero-order valence-corrected chi connectivity index (χ0v) is 11.9. The molecule has 1 aromatic heterocycles. The Morgan fingerprint density at radius 1 is 1.27 bits per heavy atom. The molecular weight excluding hydrogens is 284 g/mol. The molecule has 0 radical (unpaired) electrons. The Morgan fingerprint density at radius 3 is 2.82 bits per heavy atom. The second-order valence-electron chi connectivity index (χ2n) is 4.79. The van der Waals surface area contributed by atoms with Gasteiger partial charge in [0, 0.05) is 5.56 Å². The molecule has 2 N–H and O–H groups in total. The van der Waals surface area contributed by atoms with E-state index in [1.165, 1.54) is 4.68 Å². The summed E-state index contributed by atoms with van der Waals surface area (Å²) in [6, 6.07) is 12.2. The Kier molecular flexibility index (Phi) is 3.61. The van der Waals surface area contributed by atoms with Gasteiger partial charge >= 0.3 is 5.69 Å². The SMILES string of the molecule is Cc1cc(O)ccc1OCc1ccccc1-n1nn[nH]c1=O. The summed E-state index contributed by atoms with van der Waals surface area (Å²) in [6.45, 7) is 2.12. The van der Waals surface area contributed by atoms with E-state index in [1.807, 2.05) is 25.1 Å². The summed E-state index contributed by atoms with van der Waals surface area (Å²) in [4.78, 5) is 11.7. The predicted octanol–water partition coefficient (Wildman–Crippen LogP) is 1.55. The summed E-state index contributed by atoms with van der Waals surface area (Å²) in [5, 5.41) is 18.9. The van der Waals surface area contributed by atoms with Crippen LogP contribution in [0.4, 0.5) is 0 Å². The van der Waals surface area contributed by atoms with Crippen molar-refractivity contribution >= 4 is 0 Å². The highest BCUT2D eigenvalue weighted by atomic mass is 16.5. The summed E-state index contributed by atoms with van der Waals surface area (Å²) in [5.74, 6) is 0.861. The van der Waals surface area contributed by atoms with Gasteiger partial charge in [0.2, 0.25) is 0 Å². The number of aromatic amines is 1. The molecule has 0 fully saturated rings. The molecule has 1 heterocycles. The monoisotopic (exact) mass is 298 g/mol. The van der Waals surface area contributed by atoms with E-state index in [-0.39, 0.29) is 12.4 Å². The van der Waals surface area contributed by atoms with Crippen molar-refractivity contribution in [2.75, 3.05) is 0 Å². The number of tetrazole rings is 1. The van der Waals surface area contributed by atoms with Crippen molar-refractivity contribution in [3.63, 3.8) is 0 Å². The van der Waals surface area contributed by atoms with Gasteiger partial charge in [0.05, 0.1) is 5.69 Å². The minimum absolute atomic E-state index is 0.194. The van der Waals surface area contributed by atoms with Crippen LogP contribution in [0.25, 0.3) is 5.69 Å². The van der Waals surface area contributed by atoms with Crippen LogP contribution in [-0.4, -0.2) is 25.3 Å². The lowest BCUT2D eigenvalue weighted by Gasteiger charge is -2.12. The van der Waals surface area contributed by atoms with Gasteiger partial charge in [-0.25, -0.2) is 9.89 Å². The molecule has 0 unspecified atom stereocenters. The molecule has 7 heteroatoms. The van der Waals surface area contributed by atoms with E-state index in [4.69, 9.17) is 4.74 Å². The number of phenolic OH excluding ortho intramolecular Hbond substituents is 1. The molecule has 0 aliphatic carbocycles. The number of phenols is 1. The number of ether oxygens (including phenoxy) is 1. The number of nitrogens with one attached hydrogen (secondary N) is 1. The van der Waals surface area contributed by atoms with Crippen molar-refractivity contribution in [3.05, 3.63) is 64.1 Å². The van der Waals surface area contributed by atoms with Crippen LogP contribution in [0.1, 0.15) is 11.1 Å². The van der Waals surface area contributed by atoms with E-state index in [0.717, 1.165) is 11.1 Å². The van der Waals surface area contributed by atoms with Gasteiger partial charge in [-0.3, -0.25) is 0 Å². The van der Waals surface area contributed by atoms with E-state index in [1.54, 1.807) is 24.3 Å². The van der Waals surface area contributed by atoms with Crippen LogP contribution in [0.5, 0.6) is 11.5 Å². The zero-order valence-electron chi connectivity index (χ0n) is 11.9. The molecule has 0 amide bonds. The Hall–Kier alpha value is -3.09. The maximum absolute atomic E-state index is 11.7. The second-order valence-corrected chi connectivity index (χ2v) is 4.79. The number of hydrogen-bond acceptors (Lipinski definition) is 5. The van der Waals surface area contributed by atoms with E-state index < -0.39 is 5.69 Å². The van der Waals surface area contributed by atoms with E-state index in [0.29, 0.717) is 11.4 Å². The third-order valence-electron chi connectivity index (χ3n) is 3.23. The molecule has 0 aliphatic heterocycles. The van der Waals surface area contributed by atoms with Gasteiger partial charge in [-0.15, -0.1) is 0 Å². The van der Waals surface area contributed by atoms with Gasteiger partial charge in [0.1, 0.15) is 18.1 Å². The lowest BCUT2D eigenvalue weighted by molar-refractivity contribution is 0.303. The molecule has 3 aromatic rings. The number of aromatic hydroxyl groups is 1. The summed E-state index contributed by atoms with van der Waals surface area (Å²) >= 11 is 0. The maximum atomic E-state index is 11.7. The van der Waals surface area contributed by atoms with E-state index in [2.05, 4.69) is 15.5 Å². The third-order valence-corrected chi connectivity index (χ3v) is 3.23. The van der Waals surface area contributed by atoms with Crippen molar-refractivity contribution in [2.24, 2.45) is 0 Å². The lowest BCUT2D eigenvalue weighted by Crippen LogP contribution is -2.18. The smallest absolute Gasteiger partial charge is 0.365 e. The fourth-order valence-electron chi connectivity index (χ4n) is 2.15. The molecule has 0 saturated heterocycles. The van der Waals surface area contributed by atoms with Crippen molar-refractivity contribution in [1.29, 1.82) is 0 Å². The van der Waals surface area contributed by atoms with Gasteiger partial charge in [-0.1, -0.05) is 18.2 Å². The van der Waals surface area contributed by atoms with Crippen LogP contribution in [-0.2, 0) is 6.61 Å². The summed E-state index contributed by atoms with van der Waals surface area (Å²) in [5.41, 5.74) is 1.83. The van der Waals surface area contributed by atoms with E-state index >= 15 is 0 Å². The highest BCUT2D eigenvalue weighted by Crippen LogP contribution is 2.24. The first kappa shape index (κ1) is 13.9. The first-order chi connectivity index (χ1) is 10.6. The van der Waals surface area contributed by atoms with Gasteiger partial charge < -0.3 is 9.84 Å². The first-order valence-corrected chi connectivity index (χ1v) is 6.66. The van der Waals surface area contributed by atoms with Crippen molar-refractivity contribution in [3.8, 4) is 17.2 Å². The molecule has 0 atom stereocenters. The molecule has 0 bridgehead atoms. The Bertz CT molecular complexity index is 854. The van der Waals surface area contributed by atoms with Crippen LogP contribution in [0.2, 0.25) is 0 Å². The van der Waals surface area contributed by atoms with Crippen LogP contribution in [0.3, 0.4) is 0 Å². The average Bonchev–Trinajstić information content (AvgIpc) is 2.93. The fourth-order valence-corrected chi connectivity index (χ4v) is 2.15. The number of aryl methyl sites for hydroxylation is 1. The van der Waals surface area contributed by atoms with Gasteiger partial charge in [0.15, 0.2) is 0 Å². The van der Waals surface area contributed by atoms with Gasteiger partial charge in [-0.2, -0.15) is 4.68 Å². The molecule has 0 saturated carbocycles. The highest BCUT2D eigenvalue weighted by molar-refractivity contribution is 5.41. The molecule has 22 heavy (non-hydrogen) atoms. The number of aromatic nitrogens is 4. The molecule has 2 aromatic carbocycles.